The zero-order valence-corrected chi connectivity index (χ0v) is 18.8. The van der Waals surface area contributed by atoms with Crippen LogP contribution in [0.1, 0.15) is 55.5 Å². The molecule has 2 atom stereocenters. The standard InChI is InChI=1S/C25H29N5O3/c1-30(18-11-16-3-2-4-17(12-18)26-16)24-8-7-20(28-29-24)19-9-14-10-23(25(32)27-15-5-6-15)33-22(14)13-21(19)31/h7-10,13,15-18,26,31H,2-6,11-12H2,1H3,(H,27,32). The molecule has 3 fully saturated rings. The number of phenols is 1. The number of piperidine rings is 2. The Labute approximate surface area is 192 Å². The molecule has 1 aromatic carbocycles. The molecule has 1 amide bonds. The molecule has 172 valence electrons. The van der Waals surface area contributed by atoms with Crippen LogP contribution in [0.3, 0.4) is 0 Å². The lowest BCUT2D eigenvalue weighted by atomic mass is 9.83. The number of aromatic hydroxyl groups is 1. The average molecular weight is 448 g/mol. The minimum atomic E-state index is -0.219. The Kier molecular flexibility index (Phi) is 4.98. The average Bonchev–Trinajstić information content (AvgIpc) is 3.53. The highest BCUT2D eigenvalue weighted by Crippen LogP contribution is 2.35. The van der Waals surface area contributed by atoms with E-state index in [1.54, 1.807) is 12.1 Å². The van der Waals surface area contributed by atoms with Gasteiger partial charge in [-0.25, -0.2) is 0 Å². The van der Waals surface area contributed by atoms with Gasteiger partial charge in [0, 0.05) is 48.2 Å². The van der Waals surface area contributed by atoms with Gasteiger partial charge in [0.15, 0.2) is 11.6 Å². The lowest BCUT2D eigenvalue weighted by molar-refractivity contribution is 0.0925. The van der Waals surface area contributed by atoms with E-state index in [9.17, 15) is 9.90 Å². The Morgan fingerprint density at radius 2 is 1.91 bits per heavy atom. The molecule has 3 aliphatic rings. The van der Waals surface area contributed by atoms with Crippen molar-refractivity contribution >= 4 is 22.7 Å². The molecule has 3 N–H and O–H groups in total. The summed E-state index contributed by atoms with van der Waals surface area (Å²) in [5, 5.41) is 26.9. The predicted molar refractivity (Wildman–Crippen MR) is 125 cm³/mol. The van der Waals surface area contributed by atoms with Crippen LogP contribution in [0, 0.1) is 0 Å². The number of aromatic nitrogens is 2. The first kappa shape index (κ1) is 20.5. The van der Waals surface area contributed by atoms with E-state index >= 15 is 0 Å². The Hall–Kier alpha value is -3.13. The number of carbonyl (C=O) groups excluding carboxylic acids is 1. The third kappa shape index (κ3) is 4.04. The summed E-state index contributed by atoms with van der Waals surface area (Å²) in [4.78, 5) is 14.5. The summed E-state index contributed by atoms with van der Waals surface area (Å²) >= 11 is 0. The van der Waals surface area contributed by atoms with Crippen molar-refractivity contribution in [1.82, 2.24) is 20.8 Å². The van der Waals surface area contributed by atoms with Gasteiger partial charge in [0.05, 0.1) is 5.69 Å². The smallest absolute Gasteiger partial charge is 0.287 e. The molecule has 0 spiro atoms. The van der Waals surface area contributed by atoms with Crippen molar-refractivity contribution in [1.29, 1.82) is 0 Å². The summed E-state index contributed by atoms with van der Waals surface area (Å²) in [5.41, 5.74) is 1.62. The second-order valence-electron chi connectivity index (χ2n) is 9.77. The fourth-order valence-electron chi connectivity index (χ4n) is 5.27. The van der Waals surface area contributed by atoms with Crippen molar-refractivity contribution in [2.45, 2.75) is 69.1 Å². The highest BCUT2D eigenvalue weighted by Gasteiger charge is 2.33. The molecule has 33 heavy (non-hydrogen) atoms. The van der Waals surface area contributed by atoms with Gasteiger partial charge < -0.3 is 25.1 Å². The normalized spacial score (nSPS) is 24.6. The van der Waals surface area contributed by atoms with Crippen molar-refractivity contribution in [3.05, 3.63) is 36.1 Å². The van der Waals surface area contributed by atoms with E-state index in [0.717, 1.165) is 36.9 Å². The lowest BCUT2D eigenvalue weighted by Crippen LogP contribution is -2.54. The fourth-order valence-corrected chi connectivity index (χ4v) is 5.27. The fraction of sp³-hybridized carbons (Fsp3) is 0.480. The Bertz CT molecular complexity index is 1170. The van der Waals surface area contributed by atoms with Gasteiger partial charge in [0.2, 0.25) is 0 Å². The third-order valence-corrected chi connectivity index (χ3v) is 7.30. The first-order valence-electron chi connectivity index (χ1n) is 11.9. The van der Waals surface area contributed by atoms with Crippen molar-refractivity contribution in [2.75, 3.05) is 11.9 Å². The number of anilines is 1. The van der Waals surface area contributed by atoms with Gasteiger partial charge in [-0.15, -0.1) is 10.2 Å². The number of phenolic OH excluding ortho intramolecular Hbond substituents is 1. The highest BCUT2D eigenvalue weighted by molar-refractivity contribution is 5.97. The molecular formula is C25H29N5O3. The van der Waals surface area contributed by atoms with Crippen LogP contribution >= 0.6 is 0 Å². The monoisotopic (exact) mass is 447 g/mol. The summed E-state index contributed by atoms with van der Waals surface area (Å²) < 4.78 is 5.66. The second-order valence-corrected chi connectivity index (χ2v) is 9.77. The summed E-state index contributed by atoms with van der Waals surface area (Å²) in [6.45, 7) is 0. The van der Waals surface area contributed by atoms with Crippen LogP contribution in [0.15, 0.2) is 34.7 Å². The Morgan fingerprint density at radius 3 is 2.61 bits per heavy atom. The van der Waals surface area contributed by atoms with Crippen LogP contribution in [0.2, 0.25) is 0 Å². The molecule has 2 aromatic heterocycles. The van der Waals surface area contributed by atoms with Gasteiger partial charge in [0.25, 0.3) is 5.91 Å². The number of hydrogen-bond donors (Lipinski definition) is 3. The molecule has 1 saturated carbocycles. The van der Waals surface area contributed by atoms with Crippen molar-refractivity contribution in [2.24, 2.45) is 0 Å². The first-order valence-corrected chi connectivity index (χ1v) is 11.9. The van der Waals surface area contributed by atoms with Gasteiger partial charge in [-0.1, -0.05) is 6.42 Å². The first-order chi connectivity index (χ1) is 16.0. The van der Waals surface area contributed by atoms with Crippen molar-refractivity contribution in [3.8, 4) is 17.0 Å². The molecule has 2 bridgehead atoms. The molecule has 1 aliphatic carbocycles. The number of furan rings is 1. The van der Waals surface area contributed by atoms with E-state index in [1.165, 1.54) is 25.3 Å². The van der Waals surface area contributed by atoms with Crippen molar-refractivity contribution in [3.63, 3.8) is 0 Å². The SMILES string of the molecule is CN(c1ccc(-c2cc3cc(C(=O)NC4CC4)oc3cc2O)nn1)C1CC2CCCC(C1)N2. The van der Waals surface area contributed by atoms with Crippen molar-refractivity contribution < 1.29 is 14.3 Å². The molecule has 8 heteroatoms. The van der Waals surface area contributed by atoms with Crippen LogP contribution in [0.25, 0.3) is 22.2 Å². The molecule has 6 rings (SSSR count). The quantitative estimate of drug-likeness (QED) is 0.549. The van der Waals surface area contributed by atoms with Crippen LogP contribution in [0.5, 0.6) is 5.75 Å². The maximum absolute atomic E-state index is 12.3. The number of rotatable bonds is 5. The summed E-state index contributed by atoms with van der Waals surface area (Å²) in [5.74, 6) is 0.923. The predicted octanol–water partition coefficient (Wildman–Crippen LogP) is 3.60. The zero-order valence-electron chi connectivity index (χ0n) is 18.8. The Morgan fingerprint density at radius 1 is 1.12 bits per heavy atom. The van der Waals surface area contributed by atoms with Gasteiger partial charge in [-0.05, 0) is 62.8 Å². The topological polar surface area (TPSA) is 104 Å². The number of nitrogens with one attached hydrogen (secondary N) is 2. The van der Waals surface area contributed by atoms with Crippen LogP contribution in [-0.2, 0) is 0 Å². The molecule has 0 radical (unpaired) electrons. The Balaban J connectivity index is 1.22. The summed E-state index contributed by atoms with van der Waals surface area (Å²) in [7, 11) is 2.10. The van der Waals surface area contributed by atoms with Gasteiger partial charge in [-0.2, -0.15) is 0 Å². The molecule has 2 saturated heterocycles. The van der Waals surface area contributed by atoms with Crippen LogP contribution < -0.4 is 15.5 Å². The highest BCUT2D eigenvalue weighted by atomic mass is 16.3. The number of amides is 1. The maximum Gasteiger partial charge on any atom is 0.287 e. The van der Waals surface area contributed by atoms with E-state index in [4.69, 9.17) is 4.42 Å². The van der Waals surface area contributed by atoms with Gasteiger partial charge >= 0.3 is 0 Å². The number of hydrogen-bond acceptors (Lipinski definition) is 7. The molecule has 3 aromatic rings. The van der Waals surface area contributed by atoms with Gasteiger partial charge in [0.1, 0.15) is 11.3 Å². The zero-order chi connectivity index (χ0) is 22.5. The molecular weight excluding hydrogens is 418 g/mol. The largest absolute Gasteiger partial charge is 0.507 e. The molecule has 8 nitrogen and oxygen atoms in total. The minimum Gasteiger partial charge on any atom is -0.507 e. The number of carbonyl (C=O) groups is 1. The van der Waals surface area contributed by atoms with Gasteiger partial charge in [-0.3, -0.25) is 4.79 Å². The summed E-state index contributed by atoms with van der Waals surface area (Å²) in [6.07, 6.45) is 8.12. The van der Waals surface area contributed by atoms with E-state index in [0.29, 0.717) is 35.0 Å². The van der Waals surface area contributed by atoms with Crippen LogP contribution in [0.4, 0.5) is 5.82 Å². The van der Waals surface area contributed by atoms with E-state index in [-0.39, 0.29) is 23.5 Å². The number of benzene rings is 1. The van der Waals surface area contributed by atoms with E-state index in [1.807, 2.05) is 12.1 Å². The number of fused-ring (bicyclic) bond motifs is 3. The summed E-state index contributed by atoms with van der Waals surface area (Å²) in [6, 6.07) is 10.8. The molecule has 2 aliphatic heterocycles. The van der Waals surface area contributed by atoms with E-state index < -0.39 is 0 Å². The molecule has 4 heterocycles. The maximum atomic E-state index is 12.3. The number of nitrogens with zero attached hydrogens (tertiary/aromatic N) is 3. The van der Waals surface area contributed by atoms with E-state index in [2.05, 4.69) is 32.8 Å². The molecule has 2 unspecified atom stereocenters. The second kappa shape index (κ2) is 8.02. The van der Waals surface area contributed by atoms with Crippen LogP contribution in [-0.4, -0.2) is 52.4 Å². The third-order valence-electron chi connectivity index (χ3n) is 7.30. The minimum absolute atomic E-state index is 0.0487. The lowest BCUT2D eigenvalue weighted by Gasteiger charge is -2.43.